The molecule has 3 aliphatic carbocycles. The van der Waals surface area contributed by atoms with Crippen LogP contribution < -0.4 is 5.32 Å². The Morgan fingerprint density at radius 1 is 1.40 bits per heavy atom. The summed E-state index contributed by atoms with van der Waals surface area (Å²) in [7, 11) is 0. The molecular formula is C12H15NO2. The number of carbonyl (C=O) groups is 2. The lowest BCUT2D eigenvalue weighted by Gasteiger charge is -2.24. The number of nitrogens with one attached hydrogen (secondary N) is 1. The van der Waals surface area contributed by atoms with Gasteiger partial charge in [-0.1, -0.05) is 12.2 Å². The van der Waals surface area contributed by atoms with Gasteiger partial charge in [-0.3, -0.25) is 9.59 Å². The minimum absolute atomic E-state index is 0.0137. The van der Waals surface area contributed by atoms with Gasteiger partial charge in [0.25, 0.3) is 0 Å². The predicted octanol–water partition coefficient (Wildman–Crippen LogP) is 0.902. The van der Waals surface area contributed by atoms with Gasteiger partial charge >= 0.3 is 0 Å². The number of rotatable bonds is 1. The van der Waals surface area contributed by atoms with Gasteiger partial charge in [0, 0.05) is 25.3 Å². The number of allylic oxidation sites excluding steroid dienone is 2. The highest BCUT2D eigenvalue weighted by atomic mass is 16.1. The number of amides is 1. The average molecular weight is 205 g/mol. The molecule has 0 unspecified atom stereocenters. The van der Waals surface area contributed by atoms with Gasteiger partial charge in [-0.2, -0.15) is 0 Å². The fourth-order valence-corrected chi connectivity index (χ4v) is 3.76. The Hall–Kier alpha value is -1.12. The highest BCUT2D eigenvalue weighted by molar-refractivity contribution is 5.87. The molecule has 3 aliphatic rings. The second kappa shape index (κ2) is 2.94. The van der Waals surface area contributed by atoms with E-state index in [-0.39, 0.29) is 17.9 Å². The van der Waals surface area contributed by atoms with E-state index in [1.54, 1.807) is 0 Å². The van der Waals surface area contributed by atoms with E-state index in [0.29, 0.717) is 30.0 Å². The first-order valence-electron chi connectivity index (χ1n) is 5.65. The van der Waals surface area contributed by atoms with Crippen molar-refractivity contribution in [3.63, 3.8) is 0 Å². The second-order valence-electron chi connectivity index (χ2n) is 5.03. The van der Waals surface area contributed by atoms with Crippen LogP contribution in [0.15, 0.2) is 12.2 Å². The van der Waals surface area contributed by atoms with Crippen LogP contribution in [0.2, 0.25) is 0 Å². The zero-order valence-corrected chi connectivity index (χ0v) is 8.77. The molecule has 0 aromatic rings. The normalized spacial score (nSPS) is 45.9. The molecule has 3 nitrogen and oxygen atoms in total. The third kappa shape index (κ3) is 1.18. The van der Waals surface area contributed by atoms with Crippen LogP contribution in [0, 0.1) is 23.7 Å². The van der Waals surface area contributed by atoms with Crippen LogP contribution in [0.1, 0.15) is 19.8 Å². The smallest absolute Gasteiger partial charge is 0.217 e. The van der Waals surface area contributed by atoms with Crippen LogP contribution in [0.25, 0.3) is 0 Å². The van der Waals surface area contributed by atoms with Crippen LogP contribution in [0.5, 0.6) is 0 Å². The Labute approximate surface area is 88.9 Å². The van der Waals surface area contributed by atoms with Crippen molar-refractivity contribution >= 4 is 11.7 Å². The lowest BCUT2D eigenvalue weighted by molar-refractivity contribution is -0.121. The Balaban J connectivity index is 1.87. The maximum Gasteiger partial charge on any atom is 0.217 e. The molecule has 5 atom stereocenters. The SMILES string of the molecule is CC(=O)N[C@H]1CC(=O)[C@H]2[C@@H]1[C@H]1C=C[C@@H]2C1. The molecule has 2 fully saturated rings. The van der Waals surface area contributed by atoms with Crippen LogP contribution in [-0.4, -0.2) is 17.7 Å². The van der Waals surface area contributed by atoms with Gasteiger partial charge in [0.1, 0.15) is 5.78 Å². The van der Waals surface area contributed by atoms with Crippen molar-refractivity contribution < 1.29 is 9.59 Å². The summed E-state index contributed by atoms with van der Waals surface area (Å²) in [4.78, 5) is 22.9. The lowest BCUT2D eigenvalue weighted by atomic mass is 9.84. The van der Waals surface area contributed by atoms with Gasteiger partial charge in [0.05, 0.1) is 0 Å². The monoisotopic (exact) mass is 205 g/mol. The Bertz CT molecular complexity index is 361. The summed E-state index contributed by atoms with van der Waals surface area (Å²) in [6, 6.07) is 0.0972. The summed E-state index contributed by atoms with van der Waals surface area (Å²) in [5, 5.41) is 2.93. The van der Waals surface area contributed by atoms with E-state index in [9.17, 15) is 9.59 Å². The Morgan fingerprint density at radius 3 is 2.87 bits per heavy atom. The third-order valence-electron chi connectivity index (χ3n) is 4.17. The minimum atomic E-state index is -0.0137. The van der Waals surface area contributed by atoms with Gasteiger partial charge < -0.3 is 5.32 Å². The van der Waals surface area contributed by atoms with E-state index in [1.807, 2.05) is 0 Å². The molecule has 3 heteroatoms. The fraction of sp³-hybridized carbons (Fsp3) is 0.667. The van der Waals surface area contributed by atoms with Crippen molar-refractivity contribution in [3.05, 3.63) is 12.2 Å². The molecule has 3 rings (SSSR count). The van der Waals surface area contributed by atoms with Gasteiger partial charge in [0.2, 0.25) is 5.91 Å². The van der Waals surface area contributed by atoms with Gasteiger partial charge in [-0.25, -0.2) is 0 Å². The van der Waals surface area contributed by atoms with Gasteiger partial charge in [-0.05, 0) is 24.2 Å². The summed E-state index contributed by atoms with van der Waals surface area (Å²) in [6.07, 6.45) is 6.10. The summed E-state index contributed by atoms with van der Waals surface area (Å²) in [6.45, 7) is 1.53. The summed E-state index contributed by atoms with van der Waals surface area (Å²) >= 11 is 0. The van der Waals surface area contributed by atoms with Crippen LogP contribution >= 0.6 is 0 Å². The van der Waals surface area contributed by atoms with E-state index >= 15 is 0 Å². The summed E-state index contributed by atoms with van der Waals surface area (Å²) < 4.78 is 0. The molecule has 0 aromatic heterocycles. The van der Waals surface area contributed by atoms with E-state index in [2.05, 4.69) is 17.5 Å². The molecule has 0 radical (unpaired) electrons. The third-order valence-corrected chi connectivity index (χ3v) is 4.17. The first-order valence-corrected chi connectivity index (χ1v) is 5.65. The number of ketones is 1. The van der Waals surface area contributed by atoms with Crippen molar-refractivity contribution in [3.8, 4) is 0 Å². The standard InChI is InChI=1S/C12H15NO2/c1-6(14)13-9-5-10(15)12-8-3-2-7(4-8)11(9)12/h2-3,7-9,11-12H,4-5H2,1H3,(H,13,14)/t7-,8+,9-,11+,12-/m0/s1. The topological polar surface area (TPSA) is 46.2 Å². The molecule has 1 N–H and O–H groups in total. The number of hydrogen-bond donors (Lipinski definition) is 1. The van der Waals surface area contributed by atoms with Crippen LogP contribution in [-0.2, 0) is 9.59 Å². The second-order valence-corrected chi connectivity index (χ2v) is 5.03. The summed E-state index contributed by atoms with van der Waals surface area (Å²) in [5.41, 5.74) is 0. The summed E-state index contributed by atoms with van der Waals surface area (Å²) in [5.74, 6) is 1.93. The first-order chi connectivity index (χ1) is 7.16. The molecule has 0 heterocycles. The number of carbonyl (C=O) groups excluding carboxylic acids is 2. The molecule has 2 bridgehead atoms. The van der Waals surface area contributed by atoms with Crippen molar-refractivity contribution in [2.75, 3.05) is 0 Å². The molecular weight excluding hydrogens is 190 g/mol. The van der Waals surface area contributed by atoms with Gasteiger partial charge in [-0.15, -0.1) is 0 Å². The fourth-order valence-electron chi connectivity index (χ4n) is 3.76. The average Bonchev–Trinajstić information content (AvgIpc) is 2.78. The largest absolute Gasteiger partial charge is 0.353 e. The molecule has 0 aromatic carbocycles. The number of hydrogen-bond acceptors (Lipinski definition) is 2. The molecule has 0 saturated heterocycles. The van der Waals surface area contributed by atoms with Gasteiger partial charge in [0.15, 0.2) is 0 Å². The first kappa shape index (κ1) is 9.13. The van der Waals surface area contributed by atoms with Crippen molar-refractivity contribution in [2.45, 2.75) is 25.8 Å². The Morgan fingerprint density at radius 2 is 2.13 bits per heavy atom. The maximum atomic E-state index is 11.9. The van der Waals surface area contributed by atoms with Crippen molar-refractivity contribution in [2.24, 2.45) is 23.7 Å². The number of fused-ring (bicyclic) bond motifs is 5. The zero-order chi connectivity index (χ0) is 10.6. The van der Waals surface area contributed by atoms with E-state index in [4.69, 9.17) is 0 Å². The van der Waals surface area contributed by atoms with Crippen molar-refractivity contribution in [1.82, 2.24) is 5.32 Å². The molecule has 15 heavy (non-hydrogen) atoms. The minimum Gasteiger partial charge on any atom is -0.353 e. The maximum absolute atomic E-state index is 11.9. The van der Waals surface area contributed by atoms with E-state index in [0.717, 1.165) is 6.42 Å². The lowest BCUT2D eigenvalue weighted by Crippen LogP contribution is -2.38. The van der Waals surface area contributed by atoms with E-state index < -0.39 is 0 Å². The molecule has 0 spiro atoms. The van der Waals surface area contributed by atoms with Crippen LogP contribution in [0.3, 0.4) is 0 Å². The highest BCUT2D eigenvalue weighted by Gasteiger charge is 2.55. The predicted molar refractivity (Wildman–Crippen MR) is 54.9 cm³/mol. The zero-order valence-electron chi connectivity index (χ0n) is 8.77. The number of Topliss-reactive ketones (excluding diaryl/α,β-unsaturated/α-hetero) is 1. The molecule has 0 aliphatic heterocycles. The molecule has 1 amide bonds. The molecule has 2 saturated carbocycles. The Kier molecular flexibility index (Phi) is 1.79. The highest BCUT2D eigenvalue weighted by Crippen LogP contribution is 2.53. The van der Waals surface area contributed by atoms with E-state index in [1.165, 1.54) is 6.92 Å². The quantitative estimate of drug-likeness (QED) is 0.646. The molecule has 80 valence electrons. The van der Waals surface area contributed by atoms with Crippen molar-refractivity contribution in [1.29, 1.82) is 0 Å². The van der Waals surface area contributed by atoms with Crippen LogP contribution in [0.4, 0.5) is 0 Å².